The Bertz CT molecular complexity index is 968. The molecule has 3 rings (SSSR count). The number of rotatable bonds is 7. The summed E-state index contributed by atoms with van der Waals surface area (Å²) in [5, 5.41) is 12.7. The smallest absolute Gasteiger partial charge is 0.254 e. The monoisotopic (exact) mass is 450 g/mol. The van der Waals surface area contributed by atoms with Crippen molar-refractivity contribution < 1.29 is 32.9 Å². The average Bonchev–Trinajstić information content (AvgIpc) is 3.00. The van der Waals surface area contributed by atoms with Crippen molar-refractivity contribution in [2.24, 2.45) is 5.92 Å². The molecule has 2 N–H and O–H groups in total. The third-order valence-corrected chi connectivity index (χ3v) is 6.01. The number of nitrogens with one attached hydrogen (secondary N) is 1. The minimum absolute atomic E-state index is 0.0966. The predicted molar refractivity (Wildman–Crippen MR) is 113 cm³/mol. The molecule has 1 aliphatic heterocycles. The highest BCUT2D eigenvalue weighted by Gasteiger charge is 2.51. The number of carbonyl (C=O) groups is 1. The molecule has 1 aromatic carbocycles. The maximum Gasteiger partial charge on any atom is 0.254 e. The van der Waals surface area contributed by atoms with Crippen LogP contribution in [0.4, 0.5) is 14.5 Å². The number of methoxy groups -OCH3 is 2. The van der Waals surface area contributed by atoms with Gasteiger partial charge in [0, 0.05) is 18.6 Å². The lowest BCUT2D eigenvalue weighted by Crippen LogP contribution is -2.33. The summed E-state index contributed by atoms with van der Waals surface area (Å²) >= 11 is 0. The fourth-order valence-electron chi connectivity index (χ4n) is 4.00. The number of carbonyl (C=O) groups excluding carboxylic acids is 1. The number of nitrogens with zero attached hydrogens (tertiary/aromatic N) is 1. The molecule has 7 nitrogen and oxygen atoms in total. The first-order chi connectivity index (χ1) is 15.1. The zero-order valence-corrected chi connectivity index (χ0v) is 18.7. The number of benzene rings is 1. The Hall–Kier alpha value is -2.62. The van der Waals surface area contributed by atoms with Gasteiger partial charge in [0.15, 0.2) is 11.6 Å². The first-order valence-electron chi connectivity index (χ1n) is 10.2. The zero-order chi connectivity index (χ0) is 23.6. The van der Waals surface area contributed by atoms with E-state index in [0.29, 0.717) is 16.9 Å². The molecule has 1 fully saturated rings. The van der Waals surface area contributed by atoms with Crippen LogP contribution in [0.2, 0.25) is 0 Å². The highest BCUT2D eigenvalue weighted by molar-refractivity contribution is 5.95. The van der Waals surface area contributed by atoms with E-state index in [2.05, 4.69) is 10.3 Å². The van der Waals surface area contributed by atoms with Crippen LogP contribution in [-0.4, -0.2) is 48.5 Å². The standard InChI is InChI=1S/C23H28F2N2O5/c1-12-18(14-7-8-15(24)19(25)20(14)31-5)21(32-23(12,2)3)22(29)27-13-6-9-16(26-10-13)17(28)11-30-4/h6-10,12,17-18,21,28H,11H2,1-5H3,(H,27,29)/t12-,17-,18-,21+/m0/s1. The van der Waals surface area contributed by atoms with E-state index in [1.54, 1.807) is 12.1 Å². The number of ether oxygens (including phenoxy) is 3. The molecule has 174 valence electrons. The van der Waals surface area contributed by atoms with Crippen LogP contribution >= 0.6 is 0 Å². The van der Waals surface area contributed by atoms with Gasteiger partial charge in [0.25, 0.3) is 5.91 Å². The van der Waals surface area contributed by atoms with Gasteiger partial charge in [-0.3, -0.25) is 9.78 Å². The maximum atomic E-state index is 14.4. The molecule has 0 unspecified atom stereocenters. The molecule has 9 heteroatoms. The number of aliphatic hydroxyl groups is 1. The van der Waals surface area contributed by atoms with Gasteiger partial charge in [-0.05, 0) is 38.0 Å². The van der Waals surface area contributed by atoms with Crippen LogP contribution in [0.15, 0.2) is 30.5 Å². The van der Waals surface area contributed by atoms with Gasteiger partial charge in [-0.1, -0.05) is 13.0 Å². The zero-order valence-electron chi connectivity index (χ0n) is 18.7. The van der Waals surface area contributed by atoms with Crippen molar-refractivity contribution in [2.45, 2.75) is 44.5 Å². The Morgan fingerprint density at radius 1 is 1.28 bits per heavy atom. The van der Waals surface area contributed by atoms with Crippen LogP contribution in [0, 0.1) is 17.6 Å². The van der Waals surface area contributed by atoms with Gasteiger partial charge in [0.1, 0.15) is 12.2 Å². The molecule has 0 radical (unpaired) electrons. The summed E-state index contributed by atoms with van der Waals surface area (Å²) in [6, 6.07) is 5.64. The summed E-state index contributed by atoms with van der Waals surface area (Å²) in [5.41, 5.74) is 0.469. The van der Waals surface area contributed by atoms with Crippen molar-refractivity contribution in [3.8, 4) is 5.75 Å². The lowest BCUT2D eigenvalue weighted by molar-refractivity contribution is -0.131. The molecule has 1 aliphatic rings. The minimum atomic E-state index is -1.10. The van der Waals surface area contributed by atoms with Crippen molar-refractivity contribution in [1.82, 2.24) is 4.98 Å². The summed E-state index contributed by atoms with van der Waals surface area (Å²) in [4.78, 5) is 17.3. The molecule has 1 saturated heterocycles. The Morgan fingerprint density at radius 2 is 2.00 bits per heavy atom. The van der Waals surface area contributed by atoms with Crippen LogP contribution in [-0.2, 0) is 14.3 Å². The Kier molecular flexibility index (Phi) is 7.12. The highest BCUT2D eigenvalue weighted by atomic mass is 19.2. The van der Waals surface area contributed by atoms with Gasteiger partial charge < -0.3 is 24.6 Å². The molecule has 32 heavy (non-hydrogen) atoms. The van der Waals surface area contributed by atoms with Gasteiger partial charge in [0.05, 0.1) is 36.9 Å². The van der Waals surface area contributed by atoms with Crippen LogP contribution in [0.1, 0.15) is 44.1 Å². The van der Waals surface area contributed by atoms with Crippen LogP contribution in [0.25, 0.3) is 0 Å². The van der Waals surface area contributed by atoms with E-state index >= 15 is 0 Å². The topological polar surface area (TPSA) is 89.9 Å². The van der Waals surface area contributed by atoms with Crippen LogP contribution < -0.4 is 10.1 Å². The number of halogens is 2. The molecule has 0 spiro atoms. The van der Waals surface area contributed by atoms with Crippen molar-refractivity contribution in [3.63, 3.8) is 0 Å². The number of hydrogen-bond donors (Lipinski definition) is 2. The molecule has 1 aromatic heterocycles. The van der Waals surface area contributed by atoms with Gasteiger partial charge in [0.2, 0.25) is 5.82 Å². The third kappa shape index (κ3) is 4.60. The number of hydrogen-bond acceptors (Lipinski definition) is 6. The van der Waals surface area contributed by atoms with Crippen molar-refractivity contribution in [1.29, 1.82) is 0 Å². The summed E-state index contributed by atoms with van der Waals surface area (Å²) in [5.74, 6) is -3.60. The first kappa shape index (κ1) is 24.0. The number of aliphatic hydroxyl groups excluding tert-OH is 1. The molecule has 0 aliphatic carbocycles. The Morgan fingerprint density at radius 3 is 2.59 bits per heavy atom. The lowest BCUT2D eigenvalue weighted by atomic mass is 9.78. The average molecular weight is 450 g/mol. The molecule has 4 atom stereocenters. The van der Waals surface area contributed by atoms with E-state index in [9.17, 15) is 18.7 Å². The van der Waals surface area contributed by atoms with E-state index in [4.69, 9.17) is 14.2 Å². The third-order valence-electron chi connectivity index (χ3n) is 6.01. The number of pyridine rings is 1. The van der Waals surface area contributed by atoms with E-state index in [1.165, 1.54) is 26.5 Å². The predicted octanol–water partition coefficient (Wildman–Crippen LogP) is 3.58. The van der Waals surface area contributed by atoms with E-state index in [-0.39, 0.29) is 18.3 Å². The molecule has 0 bridgehead atoms. The number of amides is 1. The second kappa shape index (κ2) is 9.48. The maximum absolute atomic E-state index is 14.4. The molecule has 2 aromatic rings. The quantitative estimate of drug-likeness (QED) is 0.670. The van der Waals surface area contributed by atoms with Gasteiger partial charge in [-0.2, -0.15) is 4.39 Å². The fourth-order valence-corrected chi connectivity index (χ4v) is 4.00. The number of anilines is 1. The molecular weight excluding hydrogens is 422 g/mol. The lowest BCUT2D eigenvalue weighted by Gasteiger charge is -2.25. The van der Waals surface area contributed by atoms with Crippen LogP contribution in [0.5, 0.6) is 5.75 Å². The SMILES string of the molecule is COC[C@H](O)c1ccc(NC(=O)[C@@H]2OC(C)(C)[C@@H](C)[C@H]2c2ccc(F)c(F)c2OC)cn1. The second-order valence-electron chi connectivity index (χ2n) is 8.37. The summed E-state index contributed by atoms with van der Waals surface area (Å²) < 4.78 is 44.3. The summed E-state index contributed by atoms with van der Waals surface area (Å²) in [7, 11) is 2.73. The largest absolute Gasteiger partial charge is 0.493 e. The van der Waals surface area contributed by atoms with Gasteiger partial charge in [-0.15, -0.1) is 0 Å². The first-order valence-corrected chi connectivity index (χ1v) is 10.2. The van der Waals surface area contributed by atoms with E-state index in [1.807, 2.05) is 20.8 Å². The second-order valence-corrected chi connectivity index (χ2v) is 8.37. The highest BCUT2D eigenvalue weighted by Crippen LogP contribution is 2.49. The summed E-state index contributed by atoms with van der Waals surface area (Å²) in [6.45, 7) is 5.68. The normalized spacial score (nSPS) is 23.1. The van der Waals surface area contributed by atoms with E-state index in [0.717, 1.165) is 6.07 Å². The minimum Gasteiger partial charge on any atom is -0.493 e. The fraction of sp³-hybridized carbons (Fsp3) is 0.478. The van der Waals surface area contributed by atoms with Gasteiger partial charge >= 0.3 is 0 Å². The molecular formula is C23H28F2N2O5. The van der Waals surface area contributed by atoms with Crippen LogP contribution in [0.3, 0.4) is 0 Å². The summed E-state index contributed by atoms with van der Waals surface area (Å²) in [6.07, 6.45) is -0.435. The molecule has 0 saturated carbocycles. The van der Waals surface area contributed by atoms with Crippen molar-refractivity contribution in [2.75, 3.05) is 26.1 Å². The molecule has 2 heterocycles. The number of aromatic nitrogens is 1. The van der Waals surface area contributed by atoms with Crippen molar-refractivity contribution >= 4 is 11.6 Å². The molecule has 1 amide bonds. The van der Waals surface area contributed by atoms with E-state index < -0.39 is 41.3 Å². The van der Waals surface area contributed by atoms with Crippen molar-refractivity contribution in [3.05, 3.63) is 53.4 Å². The Labute approximate surface area is 185 Å². The van der Waals surface area contributed by atoms with Gasteiger partial charge in [-0.25, -0.2) is 4.39 Å². The Balaban J connectivity index is 1.88.